The second kappa shape index (κ2) is 5.49. The van der Waals surface area contributed by atoms with Gasteiger partial charge in [-0.2, -0.15) is 0 Å². The van der Waals surface area contributed by atoms with E-state index in [0.717, 1.165) is 19.4 Å². The van der Waals surface area contributed by atoms with Gasteiger partial charge in [0.15, 0.2) is 0 Å². The van der Waals surface area contributed by atoms with Gasteiger partial charge in [-0.05, 0) is 26.3 Å². The lowest BCUT2D eigenvalue weighted by molar-refractivity contribution is -0.144. The van der Waals surface area contributed by atoms with Crippen molar-refractivity contribution >= 4 is 11.8 Å². The van der Waals surface area contributed by atoms with Gasteiger partial charge in [0.1, 0.15) is 0 Å². The van der Waals surface area contributed by atoms with Crippen LogP contribution in [0.15, 0.2) is 0 Å². The Morgan fingerprint density at radius 1 is 1.11 bits per heavy atom. The van der Waals surface area contributed by atoms with Crippen LogP contribution in [0, 0.1) is 5.92 Å². The molecule has 0 bridgehead atoms. The molecule has 2 aliphatic rings. The SMILES string of the molecule is CC(C)C(=O)N1CCN(C(=O)C2(C)CCCN2)CC1. The summed E-state index contributed by atoms with van der Waals surface area (Å²) < 4.78 is 0. The highest BCUT2D eigenvalue weighted by Gasteiger charge is 2.40. The molecule has 1 N–H and O–H groups in total. The Labute approximate surface area is 115 Å². The molecule has 2 heterocycles. The Bertz CT molecular complexity index is 354. The Morgan fingerprint density at radius 2 is 1.68 bits per heavy atom. The quantitative estimate of drug-likeness (QED) is 0.790. The first-order valence-electron chi connectivity index (χ1n) is 7.27. The highest BCUT2D eigenvalue weighted by Crippen LogP contribution is 2.22. The van der Waals surface area contributed by atoms with Crippen LogP contribution in [-0.2, 0) is 9.59 Å². The topological polar surface area (TPSA) is 52.7 Å². The number of piperazine rings is 1. The third-order valence-corrected chi connectivity index (χ3v) is 4.21. The number of amides is 2. The summed E-state index contributed by atoms with van der Waals surface area (Å²) in [4.78, 5) is 28.2. The number of nitrogens with zero attached hydrogens (tertiary/aromatic N) is 2. The van der Waals surface area contributed by atoms with Gasteiger partial charge >= 0.3 is 0 Å². The molecule has 0 radical (unpaired) electrons. The Balaban J connectivity index is 1.89. The van der Waals surface area contributed by atoms with E-state index in [2.05, 4.69) is 5.32 Å². The average molecular weight is 267 g/mol. The molecule has 5 heteroatoms. The van der Waals surface area contributed by atoms with Gasteiger partial charge in [0.2, 0.25) is 11.8 Å². The first-order valence-corrected chi connectivity index (χ1v) is 7.27. The molecule has 0 saturated carbocycles. The van der Waals surface area contributed by atoms with Gasteiger partial charge in [0.05, 0.1) is 5.54 Å². The molecule has 2 aliphatic heterocycles. The van der Waals surface area contributed by atoms with Crippen LogP contribution >= 0.6 is 0 Å². The predicted octanol–water partition coefficient (Wildman–Crippen LogP) is 0.455. The number of hydrogen-bond donors (Lipinski definition) is 1. The molecule has 5 nitrogen and oxygen atoms in total. The number of rotatable bonds is 2. The molecule has 2 amide bonds. The van der Waals surface area contributed by atoms with Gasteiger partial charge in [0.25, 0.3) is 0 Å². The first kappa shape index (κ1) is 14.3. The molecular formula is C14H25N3O2. The molecule has 19 heavy (non-hydrogen) atoms. The second-order valence-electron chi connectivity index (χ2n) is 6.13. The summed E-state index contributed by atoms with van der Waals surface area (Å²) in [6.45, 7) is 9.41. The molecule has 0 spiro atoms. The zero-order valence-electron chi connectivity index (χ0n) is 12.2. The van der Waals surface area contributed by atoms with Crippen molar-refractivity contribution in [3.63, 3.8) is 0 Å². The van der Waals surface area contributed by atoms with Gasteiger partial charge < -0.3 is 15.1 Å². The third-order valence-electron chi connectivity index (χ3n) is 4.21. The summed E-state index contributed by atoms with van der Waals surface area (Å²) >= 11 is 0. The maximum absolute atomic E-state index is 12.5. The van der Waals surface area contributed by atoms with Crippen molar-refractivity contribution < 1.29 is 9.59 Å². The van der Waals surface area contributed by atoms with E-state index in [4.69, 9.17) is 0 Å². The molecule has 0 aromatic rings. The minimum atomic E-state index is -0.385. The normalized spacial score (nSPS) is 28.0. The van der Waals surface area contributed by atoms with Gasteiger partial charge in [-0.15, -0.1) is 0 Å². The van der Waals surface area contributed by atoms with Crippen molar-refractivity contribution in [3.05, 3.63) is 0 Å². The fourth-order valence-electron chi connectivity index (χ4n) is 2.92. The van der Waals surface area contributed by atoms with Crippen molar-refractivity contribution in [3.8, 4) is 0 Å². The molecule has 2 rings (SSSR count). The molecule has 108 valence electrons. The Hall–Kier alpha value is -1.10. The first-order chi connectivity index (χ1) is 8.94. The standard InChI is InChI=1S/C14H25N3O2/c1-11(2)12(18)16-7-9-17(10-8-16)13(19)14(3)5-4-6-15-14/h11,15H,4-10H2,1-3H3. The number of nitrogens with one attached hydrogen (secondary N) is 1. The van der Waals surface area contributed by atoms with Crippen molar-refractivity contribution in [2.75, 3.05) is 32.7 Å². The smallest absolute Gasteiger partial charge is 0.242 e. The van der Waals surface area contributed by atoms with Crippen molar-refractivity contribution in [2.24, 2.45) is 5.92 Å². The zero-order valence-corrected chi connectivity index (χ0v) is 12.2. The molecule has 2 saturated heterocycles. The molecule has 1 unspecified atom stereocenters. The number of carbonyl (C=O) groups is 2. The van der Waals surface area contributed by atoms with Crippen LogP contribution in [0.4, 0.5) is 0 Å². The molecular weight excluding hydrogens is 242 g/mol. The maximum atomic E-state index is 12.5. The fourth-order valence-corrected chi connectivity index (χ4v) is 2.92. The molecule has 0 aliphatic carbocycles. The largest absolute Gasteiger partial charge is 0.339 e. The van der Waals surface area contributed by atoms with Gasteiger partial charge in [-0.25, -0.2) is 0 Å². The Kier molecular flexibility index (Phi) is 4.13. The van der Waals surface area contributed by atoms with E-state index in [-0.39, 0.29) is 23.3 Å². The Morgan fingerprint density at radius 3 is 2.16 bits per heavy atom. The highest BCUT2D eigenvalue weighted by molar-refractivity contribution is 5.86. The van der Waals surface area contributed by atoms with E-state index in [0.29, 0.717) is 26.2 Å². The summed E-state index contributed by atoms with van der Waals surface area (Å²) in [6.07, 6.45) is 1.98. The van der Waals surface area contributed by atoms with Crippen LogP contribution < -0.4 is 5.32 Å². The summed E-state index contributed by atoms with van der Waals surface area (Å²) in [5.74, 6) is 0.426. The van der Waals surface area contributed by atoms with Crippen LogP contribution in [0.2, 0.25) is 0 Å². The van der Waals surface area contributed by atoms with E-state index in [1.54, 1.807) is 0 Å². The molecule has 1 atom stereocenters. The monoisotopic (exact) mass is 267 g/mol. The fraction of sp³-hybridized carbons (Fsp3) is 0.857. The van der Waals surface area contributed by atoms with Gasteiger partial charge in [-0.3, -0.25) is 9.59 Å². The minimum Gasteiger partial charge on any atom is -0.339 e. The molecule has 2 fully saturated rings. The number of hydrogen-bond acceptors (Lipinski definition) is 3. The van der Waals surface area contributed by atoms with E-state index in [1.165, 1.54) is 0 Å². The van der Waals surface area contributed by atoms with Crippen LogP contribution in [0.5, 0.6) is 0 Å². The predicted molar refractivity (Wildman–Crippen MR) is 73.6 cm³/mol. The van der Waals surface area contributed by atoms with Crippen molar-refractivity contribution in [1.29, 1.82) is 0 Å². The van der Waals surface area contributed by atoms with Crippen LogP contribution in [-0.4, -0.2) is 59.9 Å². The highest BCUT2D eigenvalue weighted by atomic mass is 16.2. The van der Waals surface area contributed by atoms with E-state index < -0.39 is 0 Å². The lowest BCUT2D eigenvalue weighted by Gasteiger charge is -2.39. The van der Waals surface area contributed by atoms with Crippen LogP contribution in [0.1, 0.15) is 33.6 Å². The maximum Gasteiger partial charge on any atom is 0.242 e. The zero-order chi connectivity index (χ0) is 14.0. The van der Waals surface area contributed by atoms with Gasteiger partial charge in [-0.1, -0.05) is 13.8 Å². The molecule has 0 aromatic heterocycles. The third kappa shape index (κ3) is 2.91. The van der Waals surface area contributed by atoms with Crippen LogP contribution in [0.25, 0.3) is 0 Å². The lowest BCUT2D eigenvalue weighted by atomic mass is 9.98. The summed E-state index contributed by atoms with van der Waals surface area (Å²) in [5, 5.41) is 3.31. The minimum absolute atomic E-state index is 0.0382. The van der Waals surface area contributed by atoms with Crippen molar-refractivity contribution in [1.82, 2.24) is 15.1 Å². The summed E-state index contributed by atoms with van der Waals surface area (Å²) in [7, 11) is 0. The van der Waals surface area contributed by atoms with E-state index >= 15 is 0 Å². The van der Waals surface area contributed by atoms with E-state index in [1.807, 2.05) is 30.6 Å². The van der Waals surface area contributed by atoms with E-state index in [9.17, 15) is 9.59 Å². The molecule has 0 aromatic carbocycles. The van der Waals surface area contributed by atoms with Crippen molar-refractivity contribution in [2.45, 2.75) is 39.2 Å². The number of carbonyl (C=O) groups excluding carboxylic acids is 2. The average Bonchev–Trinajstić information content (AvgIpc) is 2.85. The summed E-state index contributed by atoms with van der Waals surface area (Å²) in [5.41, 5.74) is -0.385. The van der Waals surface area contributed by atoms with Crippen LogP contribution in [0.3, 0.4) is 0 Å². The summed E-state index contributed by atoms with van der Waals surface area (Å²) in [6, 6.07) is 0. The van der Waals surface area contributed by atoms with Gasteiger partial charge in [0, 0.05) is 32.1 Å². The lowest BCUT2D eigenvalue weighted by Crippen LogP contribution is -2.58. The second-order valence-corrected chi connectivity index (χ2v) is 6.13.